The number of hydrogen-bond donors (Lipinski definition) is 2. The van der Waals surface area contributed by atoms with Crippen LogP contribution in [-0.2, 0) is 10.0 Å². The molecule has 0 aliphatic rings. The average molecular weight is 423 g/mol. The highest BCUT2D eigenvalue weighted by molar-refractivity contribution is 7.92. The van der Waals surface area contributed by atoms with Crippen LogP contribution in [0, 0.1) is 20.8 Å². The summed E-state index contributed by atoms with van der Waals surface area (Å²) in [6.07, 6.45) is 0. The number of rotatable bonds is 6. The first-order valence-corrected chi connectivity index (χ1v) is 11.2. The fraction of sp³-hybridized carbons (Fsp3) is 0.208. The molecule has 3 rings (SSSR count). The number of carbonyl (C=O) groups excluding carboxylic acids is 1. The fourth-order valence-electron chi connectivity index (χ4n) is 3.26. The lowest BCUT2D eigenvalue weighted by Gasteiger charge is -2.18. The standard InChI is InChI=1S/C24H26N2O3S/c1-16-10-11-17(2)22(14-16)19(4)25-24(27)20-13-12-18(3)23(15-20)26-30(28,29)21-8-6-5-7-9-21/h5-15,19,26H,1-4H3,(H,25,27). The molecule has 0 radical (unpaired) electrons. The Morgan fingerprint density at radius 2 is 1.53 bits per heavy atom. The zero-order chi connectivity index (χ0) is 21.9. The minimum absolute atomic E-state index is 0.169. The summed E-state index contributed by atoms with van der Waals surface area (Å²) in [5.41, 5.74) is 4.79. The SMILES string of the molecule is Cc1ccc(C)c(C(C)NC(=O)c2ccc(C)c(NS(=O)(=O)c3ccccc3)c2)c1. The van der Waals surface area contributed by atoms with Gasteiger partial charge >= 0.3 is 0 Å². The molecule has 0 fully saturated rings. The fourth-order valence-corrected chi connectivity index (χ4v) is 4.40. The van der Waals surface area contributed by atoms with Crippen molar-refractivity contribution >= 4 is 21.6 Å². The van der Waals surface area contributed by atoms with E-state index < -0.39 is 10.0 Å². The molecule has 2 N–H and O–H groups in total. The monoisotopic (exact) mass is 422 g/mol. The van der Waals surface area contributed by atoms with E-state index in [2.05, 4.69) is 16.1 Å². The maximum absolute atomic E-state index is 12.8. The molecule has 0 heterocycles. The lowest BCUT2D eigenvalue weighted by Crippen LogP contribution is -2.27. The Labute approximate surface area is 178 Å². The van der Waals surface area contributed by atoms with Crippen LogP contribution in [0.5, 0.6) is 0 Å². The van der Waals surface area contributed by atoms with Crippen LogP contribution in [0.4, 0.5) is 5.69 Å². The van der Waals surface area contributed by atoms with E-state index in [0.717, 1.165) is 22.3 Å². The summed E-state index contributed by atoms with van der Waals surface area (Å²) in [6, 6.07) is 19.1. The molecule has 0 spiro atoms. The van der Waals surface area contributed by atoms with Crippen molar-refractivity contribution in [3.8, 4) is 0 Å². The molecular formula is C24H26N2O3S. The normalized spacial score (nSPS) is 12.3. The van der Waals surface area contributed by atoms with Crippen molar-refractivity contribution in [1.82, 2.24) is 5.32 Å². The third kappa shape index (κ3) is 4.89. The minimum Gasteiger partial charge on any atom is -0.346 e. The van der Waals surface area contributed by atoms with Gasteiger partial charge in [-0.3, -0.25) is 9.52 Å². The second-order valence-corrected chi connectivity index (χ2v) is 9.19. The van der Waals surface area contributed by atoms with E-state index in [-0.39, 0.29) is 16.8 Å². The van der Waals surface area contributed by atoms with Crippen molar-refractivity contribution in [2.24, 2.45) is 0 Å². The van der Waals surface area contributed by atoms with Gasteiger partial charge < -0.3 is 5.32 Å². The Kier molecular flexibility index (Phi) is 6.27. The Hall–Kier alpha value is -3.12. The van der Waals surface area contributed by atoms with Crippen molar-refractivity contribution in [1.29, 1.82) is 0 Å². The van der Waals surface area contributed by atoms with E-state index >= 15 is 0 Å². The number of benzene rings is 3. The molecule has 0 saturated carbocycles. The van der Waals surface area contributed by atoms with Gasteiger partial charge in [0.05, 0.1) is 16.6 Å². The summed E-state index contributed by atoms with van der Waals surface area (Å²) in [4.78, 5) is 13.0. The van der Waals surface area contributed by atoms with Crippen LogP contribution >= 0.6 is 0 Å². The first-order chi connectivity index (χ1) is 14.2. The van der Waals surface area contributed by atoms with Crippen LogP contribution in [-0.4, -0.2) is 14.3 Å². The molecule has 0 aliphatic carbocycles. The van der Waals surface area contributed by atoms with Crippen LogP contribution in [0.1, 0.15) is 45.6 Å². The molecular weight excluding hydrogens is 396 g/mol. The van der Waals surface area contributed by atoms with E-state index in [9.17, 15) is 13.2 Å². The third-order valence-electron chi connectivity index (χ3n) is 5.05. The van der Waals surface area contributed by atoms with Crippen LogP contribution in [0.25, 0.3) is 0 Å². The van der Waals surface area contributed by atoms with Crippen LogP contribution in [0.3, 0.4) is 0 Å². The van der Waals surface area contributed by atoms with Gasteiger partial charge in [-0.15, -0.1) is 0 Å². The molecule has 6 heteroatoms. The largest absolute Gasteiger partial charge is 0.346 e. The summed E-state index contributed by atoms with van der Waals surface area (Å²) in [5, 5.41) is 3.01. The van der Waals surface area contributed by atoms with Gasteiger partial charge in [-0.25, -0.2) is 8.42 Å². The maximum atomic E-state index is 12.8. The van der Waals surface area contributed by atoms with Gasteiger partial charge in [-0.2, -0.15) is 0 Å². The van der Waals surface area contributed by atoms with Gasteiger partial charge in [-0.05, 0) is 68.7 Å². The molecule has 5 nitrogen and oxygen atoms in total. The summed E-state index contributed by atoms with van der Waals surface area (Å²) in [7, 11) is -3.74. The smallest absolute Gasteiger partial charge is 0.261 e. The topological polar surface area (TPSA) is 75.3 Å². The molecule has 3 aromatic carbocycles. The summed E-state index contributed by atoms with van der Waals surface area (Å²) in [6.45, 7) is 7.76. The molecule has 0 saturated heterocycles. The lowest BCUT2D eigenvalue weighted by molar-refractivity contribution is 0.0940. The van der Waals surface area contributed by atoms with Crippen LogP contribution in [0.15, 0.2) is 71.6 Å². The zero-order valence-electron chi connectivity index (χ0n) is 17.6. The van der Waals surface area contributed by atoms with Gasteiger partial charge in [0.2, 0.25) is 0 Å². The van der Waals surface area contributed by atoms with E-state index in [1.54, 1.807) is 43.3 Å². The Morgan fingerprint density at radius 3 is 2.23 bits per heavy atom. The molecule has 156 valence electrons. The molecule has 1 atom stereocenters. The van der Waals surface area contributed by atoms with Gasteiger partial charge in [0.1, 0.15) is 0 Å². The average Bonchev–Trinajstić information content (AvgIpc) is 2.71. The van der Waals surface area contributed by atoms with Crippen molar-refractivity contribution in [3.63, 3.8) is 0 Å². The first-order valence-electron chi connectivity index (χ1n) is 9.74. The molecule has 0 aromatic heterocycles. The van der Waals surface area contributed by atoms with Crippen molar-refractivity contribution in [2.45, 2.75) is 38.6 Å². The number of anilines is 1. The van der Waals surface area contributed by atoms with Gasteiger partial charge in [0, 0.05) is 5.56 Å². The molecule has 1 unspecified atom stereocenters. The highest BCUT2D eigenvalue weighted by Gasteiger charge is 2.18. The second kappa shape index (κ2) is 8.71. The minimum atomic E-state index is -3.74. The van der Waals surface area contributed by atoms with Crippen molar-refractivity contribution < 1.29 is 13.2 Å². The van der Waals surface area contributed by atoms with Gasteiger partial charge in [0.25, 0.3) is 15.9 Å². The van der Waals surface area contributed by atoms with Crippen LogP contribution < -0.4 is 10.0 Å². The number of nitrogens with one attached hydrogen (secondary N) is 2. The van der Waals surface area contributed by atoms with Gasteiger partial charge in [0.15, 0.2) is 0 Å². The molecule has 30 heavy (non-hydrogen) atoms. The van der Waals surface area contributed by atoms with E-state index in [1.807, 2.05) is 32.9 Å². The zero-order valence-corrected chi connectivity index (χ0v) is 18.4. The van der Waals surface area contributed by atoms with E-state index in [1.165, 1.54) is 12.1 Å². The molecule has 1 amide bonds. The predicted molar refractivity (Wildman–Crippen MR) is 120 cm³/mol. The highest BCUT2D eigenvalue weighted by Crippen LogP contribution is 2.23. The second-order valence-electron chi connectivity index (χ2n) is 7.50. The number of hydrogen-bond acceptors (Lipinski definition) is 3. The quantitative estimate of drug-likeness (QED) is 0.593. The summed E-state index contributed by atoms with van der Waals surface area (Å²) in [5.74, 6) is -0.261. The molecule has 0 aliphatic heterocycles. The number of sulfonamides is 1. The number of amides is 1. The number of carbonyl (C=O) groups is 1. The highest BCUT2D eigenvalue weighted by atomic mass is 32.2. The lowest BCUT2D eigenvalue weighted by atomic mass is 9.99. The van der Waals surface area contributed by atoms with E-state index in [0.29, 0.717) is 11.3 Å². The summed E-state index contributed by atoms with van der Waals surface area (Å²) >= 11 is 0. The Balaban J connectivity index is 1.82. The Bertz CT molecular complexity index is 1170. The summed E-state index contributed by atoms with van der Waals surface area (Å²) < 4.78 is 27.9. The Morgan fingerprint density at radius 1 is 0.867 bits per heavy atom. The first kappa shape index (κ1) is 21.6. The van der Waals surface area contributed by atoms with Crippen molar-refractivity contribution in [3.05, 3.63) is 94.5 Å². The van der Waals surface area contributed by atoms with Crippen LogP contribution in [0.2, 0.25) is 0 Å². The van der Waals surface area contributed by atoms with Gasteiger partial charge in [-0.1, -0.05) is 48.0 Å². The number of aryl methyl sites for hydroxylation is 3. The maximum Gasteiger partial charge on any atom is 0.261 e. The third-order valence-corrected chi connectivity index (χ3v) is 6.43. The van der Waals surface area contributed by atoms with E-state index in [4.69, 9.17) is 0 Å². The molecule has 0 bridgehead atoms. The van der Waals surface area contributed by atoms with Crippen molar-refractivity contribution in [2.75, 3.05) is 4.72 Å². The predicted octanol–water partition coefficient (Wildman–Crippen LogP) is 4.90. The molecule has 3 aromatic rings.